The Hall–Kier alpha value is -2.26. The molecule has 1 amide bonds. The highest BCUT2D eigenvalue weighted by Crippen LogP contribution is 2.35. The van der Waals surface area contributed by atoms with Gasteiger partial charge in [-0.05, 0) is 29.3 Å². The van der Waals surface area contributed by atoms with E-state index in [0.29, 0.717) is 5.56 Å². The Morgan fingerprint density at radius 1 is 1.24 bits per heavy atom. The number of methoxy groups -OCH3 is 1. The minimum Gasteiger partial charge on any atom is -0.508 e. The highest BCUT2D eigenvalue weighted by atomic mass is 28.3. The number of hydrogen-bond donors (Lipinski definition) is 2. The van der Waals surface area contributed by atoms with Gasteiger partial charge in [-0.15, -0.1) is 11.5 Å². The maximum Gasteiger partial charge on any atom is 0.329 e. The van der Waals surface area contributed by atoms with E-state index in [9.17, 15) is 14.7 Å². The third-order valence-corrected chi connectivity index (χ3v) is 9.05. The standard InChI is InChI=1S/C19H27NO4Si/c1-19(2,3)25(5,6)13-7-8-16(18(23)24-4)20-17(22)14-9-11-15(21)12-10-14/h9-12,16,21H,8H2,1-6H3,(H,20,22)/t16-/m1/s1. The second-order valence-corrected chi connectivity index (χ2v) is 12.5. The Balaban J connectivity index is 2.88. The van der Waals surface area contributed by atoms with Crippen LogP contribution in [0.2, 0.25) is 18.1 Å². The van der Waals surface area contributed by atoms with Crippen molar-refractivity contribution >= 4 is 20.0 Å². The quantitative estimate of drug-likeness (QED) is 0.491. The van der Waals surface area contributed by atoms with Crippen molar-refractivity contribution in [3.05, 3.63) is 29.8 Å². The number of aromatic hydroxyl groups is 1. The monoisotopic (exact) mass is 361 g/mol. The summed E-state index contributed by atoms with van der Waals surface area (Å²) in [4.78, 5) is 24.2. The summed E-state index contributed by atoms with van der Waals surface area (Å²) in [6, 6.07) is 4.97. The first-order chi connectivity index (χ1) is 11.5. The largest absolute Gasteiger partial charge is 0.508 e. The van der Waals surface area contributed by atoms with E-state index in [2.05, 4.69) is 50.6 Å². The second-order valence-electron chi connectivity index (χ2n) is 7.48. The van der Waals surface area contributed by atoms with E-state index in [0.717, 1.165) is 0 Å². The molecule has 1 aromatic carbocycles. The third kappa shape index (κ3) is 5.95. The van der Waals surface area contributed by atoms with Crippen molar-refractivity contribution < 1.29 is 19.4 Å². The van der Waals surface area contributed by atoms with Crippen molar-refractivity contribution in [3.8, 4) is 17.2 Å². The minimum atomic E-state index is -1.78. The molecule has 0 aromatic heterocycles. The van der Waals surface area contributed by atoms with Crippen molar-refractivity contribution in [2.45, 2.75) is 51.4 Å². The zero-order chi connectivity index (χ0) is 19.3. The Kier molecular flexibility index (Phi) is 6.83. The highest BCUT2D eigenvalue weighted by molar-refractivity contribution is 6.87. The zero-order valence-corrected chi connectivity index (χ0v) is 16.8. The van der Waals surface area contributed by atoms with Crippen LogP contribution in [0.4, 0.5) is 0 Å². The molecule has 0 bridgehead atoms. The Morgan fingerprint density at radius 2 is 1.80 bits per heavy atom. The fraction of sp³-hybridized carbons (Fsp3) is 0.474. The first-order valence-electron chi connectivity index (χ1n) is 8.15. The SMILES string of the molecule is COC(=O)[C@@H](CC#C[Si](C)(C)C(C)(C)C)NC(=O)c1ccc(O)cc1. The fourth-order valence-electron chi connectivity index (χ4n) is 1.75. The number of ether oxygens (including phenoxy) is 1. The van der Waals surface area contributed by atoms with Crippen molar-refractivity contribution in [2.24, 2.45) is 0 Å². The molecule has 0 fully saturated rings. The average Bonchev–Trinajstić information content (AvgIpc) is 2.52. The summed E-state index contributed by atoms with van der Waals surface area (Å²) in [7, 11) is -0.500. The molecular weight excluding hydrogens is 334 g/mol. The molecule has 0 heterocycles. The molecule has 5 nitrogen and oxygen atoms in total. The number of rotatable bonds is 4. The summed E-state index contributed by atoms with van der Waals surface area (Å²) in [6.07, 6.45) is 0.197. The van der Waals surface area contributed by atoms with Crippen LogP contribution in [-0.4, -0.2) is 38.2 Å². The lowest BCUT2D eigenvalue weighted by Gasteiger charge is -2.31. The normalized spacial score (nSPS) is 12.6. The van der Waals surface area contributed by atoms with Gasteiger partial charge < -0.3 is 15.2 Å². The van der Waals surface area contributed by atoms with Gasteiger partial charge in [-0.1, -0.05) is 33.9 Å². The Labute approximate surface area is 150 Å². The van der Waals surface area contributed by atoms with Gasteiger partial charge in [0.2, 0.25) is 0 Å². The van der Waals surface area contributed by atoms with Crippen LogP contribution in [0.25, 0.3) is 0 Å². The van der Waals surface area contributed by atoms with Crippen molar-refractivity contribution in [1.82, 2.24) is 5.32 Å². The molecule has 136 valence electrons. The molecule has 0 saturated carbocycles. The molecule has 2 N–H and O–H groups in total. The Bertz CT molecular complexity index is 678. The molecule has 0 aliphatic heterocycles. The molecule has 1 aromatic rings. The fourth-order valence-corrected chi connectivity index (χ4v) is 2.67. The van der Waals surface area contributed by atoms with Gasteiger partial charge in [-0.3, -0.25) is 4.79 Å². The van der Waals surface area contributed by atoms with Gasteiger partial charge in [0.25, 0.3) is 5.91 Å². The van der Waals surface area contributed by atoms with Gasteiger partial charge in [-0.25, -0.2) is 4.79 Å². The molecule has 0 aliphatic rings. The van der Waals surface area contributed by atoms with Gasteiger partial charge in [0, 0.05) is 12.0 Å². The highest BCUT2D eigenvalue weighted by Gasteiger charge is 2.33. The number of carbonyl (C=O) groups excluding carboxylic acids is 2. The van der Waals surface area contributed by atoms with Crippen LogP contribution in [0, 0.1) is 11.5 Å². The number of phenolic OH excluding ortho intramolecular Hbond substituents is 1. The summed E-state index contributed by atoms with van der Waals surface area (Å²) < 4.78 is 4.77. The number of nitrogens with one attached hydrogen (secondary N) is 1. The lowest BCUT2D eigenvalue weighted by atomic mass is 10.1. The molecule has 0 radical (unpaired) electrons. The molecule has 1 rings (SSSR count). The van der Waals surface area contributed by atoms with E-state index < -0.39 is 26.0 Å². The first kappa shape index (κ1) is 20.8. The molecule has 0 spiro atoms. The average molecular weight is 362 g/mol. The molecular formula is C19H27NO4Si. The predicted molar refractivity (Wildman–Crippen MR) is 101 cm³/mol. The van der Waals surface area contributed by atoms with Crippen molar-refractivity contribution in [2.75, 3.05) is 7.11 Å². The van der Waals surface area contributed by atoms with Crippen LogP contribution < -0.4 is 5.32 Å². The molecule has 0 aliphatic carbocycles. The second kappa shape index (κ2) is 8.21. The van der Waals surface area contributed by atoms with E-state index in [1.54, 1.807) is 0 Å². The van der Waals surface area contributed by atoms with Crippen molar-refractivity contribution in [3.63, 3.8) is 0 Å². The van der Waals surface area contributed by atoms with E-state index in [1.807, 2.05) is 0 Å². The molecule has 1 atom stereocenters. The molecule has 25 heavy (non-hydrogen) atoms. The first-order valence-corrected chi connectivity index (χ1v) is 11.2. The third-order valence-electron chi connectivity index (χ3n) is 4.50. The number of hydrogen-bond acceptors (Lipinski definition) is 4. The van der Waals surface area contributed by atoms with Gasteiger partial charge in [0.05, 0.1) is 7.11 Å². The van der Waals surface area contributed by atoms with Crippen LogP contribution in [0.3, 0.4) is 0 Å². The van der Waals surface area contributed by atoms with E-state index in [-0.39, 0.29) is 17.2 Å². The molecule has 0 saturated heterocycles. The number of carbonyl (C=O) groups is 2. The maximum absolute atomic E-state index is 12.3. The number of benzene rings is 1. The number of amides is 1. The Morgan fingerprint density at radius 3 is 2.28 bits per heavy atom. The van der Waals surface area contributed by atoms with E-state index in [4.69, 9.17) is 4.74 Å². The van der Waals surface area contributed by atoms with Crippen LogP contribution >= 0.6 is 0 Å². The van der Waals surface area contributed by atoms with Gasteiger partial charge >= 0.3 is 5.97 Å². The topological polar surface area (TPSA) is 75.6 Å². The van der Waals surface area contributed by atoms with Crippen molar-refractivity contribution in [1.29, 1.82) is 0 Å². The zero-order valence-electron chi connectivity index (χ0n) is 15.8. The predicted octanol–water partition coefficient (Wildman–Crippen LogP) is 3.10. The van der Waals surface area contributed by atoms with Gasteiger partial charge in [0.15, 0.2) is 0 Å². The lowest BCUT2D eigenvalue weighted by molar-refractivity contribution is -0.142. The number of esters is 1. The number of phenols is 1. The summed E-state index contributed by atoms with van der Waals surface area (Å²) in [6.45, 7) is 10.9. The minimum absolute atomic E-state index is 0.0707. The summed E-state index contributed by atoms with van der Waals surface area (Å²) in [5, 5.41) is 12.1. The summed E-state index contributed by atoms with van der Waals surface area (Å²) >= 11 is 0. The van der Waals surface area contributed by atoms with Crippen LogP contribution in [-0.2, 0) is 9.53 Å². The smallest absolute Gasteiger partial charge is 0.329 e. The van der Waals surface area contributed by atoms with Crippen LogP contribution in [0.5, 0.6) is 5.75 Å². The maximum atomic E-state index is 12.3. The molecule has 6 heteroatoms. The van der Waals surface area contributed by atoms with Gasteiger partial charge in [-0.2, -0.15) is 0 Å². The van der Waals surface area contributed by atoms with Crippen LogP contribution in [0.15, 0.2) is 24.3 Å². The van der Waals surface area contributed by atoms with Crippen LogP contribution in [0.1, 0.15) is 37.6 Å². The van der Waals surface area contributed by atoms with E-state index >= 15 is 0 Å². The van der Waals surface area contributed by atoms with E-state index in [1.165, 1.54) is 31.4 Å². The van der Waals surface area contributed by atoms with Gasteiger partial charge in [0.1, 0.15) is 19.9 Å². The molecule has 0 unspecified atom stereocenters. The lowest BCUT2D eigenvalue weighted by Crippen LogP contribution is -2.41. The summed E-state index contributed by atoms with van der Waals surface area (Å²) in [5.41, 5.74) is 3.68. The summed E-state index contributed by atoms with van der Waals surface area (Å²) in [5.74, 6) is 2.20.